The Labute approximate surface area is 163 Å². The van der Waals surface area contributed by atoms with E-state index in [1.54, 1.807) is 30.6 Å². The zero-order valence-electron chi connectivity index (χ0n) is 15.5. The van der Waals surface area contributed by atoms with Crippen LogP contribution in [0.3, 0.4) is 0 Å². The molecule has 0 saturated carbocycles. The van der Waals surface area contributed by atoms with Gasteiger partial charge in [-0.1, -0.05) is 6.07 Å². The van der Waals surface area contributed by atoms with Crippen molar-refractivity contribution in [1.82, 2.24) is 15.6 Å². The van der Waals surface area contributed by atoms with Crippen LogP contribution in [0.15, 0.2) is 47.7 Å². The molecule has 0 radical (unpaired) electrons. The van der Waals surface area contributed by atoms with Crippen molar-refractivity contribution in [3.05, 3.63) is 54.1 Å². The van der Waals surface area contributed by atoms with Gasteiger partial charge in [-0.15, -0.1) is 0 Å². The maximum absolute atomic E-state index is 14.3. The highest BCUT2D eigenvalue weighted by atomic mass is 32.2. The summed E-state index contributed by atoms with van der Waals surface area (Å²) in [6, 6.07) is 8.40. The number of benzene rings is 1. The molecule has 1 aliphatic rings. The van der Waals surface area contributed by atoms with E-state index in [2.05, 4.69) is 20.6 Å². The standard InChI is InChI=1S/C20H25FN4OS/c1-2-23-20(25-14-17-6-4-10-27-17)24-12-15-7-8-19(18(21)11-15)26-16-5-3-9-22-13-16/h3,5,7-9,11,13,17H,2,4,6,10,12,14H2,1H3,(H2,23,24,25). The summed E-state index contributed by atoms with van der Waals surface area (Å²) in [5.41, 5.74) is 0.790. The fourth-order valence-corrected chi connectivity index (χ4v) is 3.99. The lowest BCUT2D eigenvalue weighted by molar-refractivity contribution is 0.440. The van der Waals surface area contributed by atoms with Gasteiger partial charge >= 0.3 is 0 Å². The molecule has 3 rings (SSSR count). The van der Waals surface area contributed by atoms with Gasteiger partial charge in [0.25, 0.3) is 0 Å². The minimum atomic E-state index is -0.410. The van der Waals surface area contributed by atoms with Crippen LogP contribution in [0.2, 0.25) is 0 Å². The van der Waals surface area contributed by atoms with Crippen molar-refractivity contribution in [1.29, 1.82) is 0 Å². The molecule has 1 aromatic carbocycles. The molecule has 1 aromatic heterocycles. The topological polar surface area (TPSA) is 58.5 Å². The second-order valence-corrected chi connectivity index (χ2v) is 7.67. The molecule has 0 bridgehead atoms. The highest BCUT2D eigenvalue weighted by molar-refractivity contribution is 8.00. The fourth-order valence-electron chi connectivity index (χ4n) is 2.79. The Bertz CT molecular complexity index is 751. The summed E-state index contributed by atoms with van der Waals surface area (Å²) in [5.74, 6) is 2.28. The monoisotopic (exact) mass is 388 g/mol. The summed E-state index contributed by atoms with van der Waals surface area (Å²) in [6.45, 7) is 4.13. The largest absolute Gasteiger partial charge is 0.453 e. The number of rotatable bonds is 7. The number of nitrogens with one attached hydrogen (secondary N) is 2. The number of nitrogens with zero attached hydrogens (tertiary/aromatic N) is 2. The van der Waals surface area contributed by atoms with Crippen LogP contribution in [0, 0.1) is 5.82 Å². The van der Waals surface area contributed by atoms with Crippen molar-refractivity contribution < 1.29 is 9.13 Å². The van der Waals surface area contributed by atoms with Crippen molar-refractivity contribution in [3.8, 4) is 11.5 Å². The van der Waals surface area contributed by atoms with Crippen LogP contribution in [0.5, 0.6) is 11.5 Å². The third-order valence-electron chi connectivity index (χ3n) is 4.14. The number of halogens is 1. The smallest absolute Gasteiger partial charge is 0.191 e. The summed E-state index contributed by atoms with van der Waals surface area (Å²) < 4.78 is 19.9. The van der Waals surface area contributed by atoms with Crippen LogP contribution >= 0.6 is 11.8 Å². The molecule has 5 nitrogen and oxygen atoms in total. The molecule has 1 saturated heterocycles. The van der Waals surface area contributed by atoms with E-state index in [-0.39, 0.29) is 5.75 Å². The first-order valence-electron chi connectivity index (χ1n) is 9.24. The summed E-state index contributed by atoms with van der Waals surface area (Å²) in [4.78, 5) is 8.53. The molecule has 1 atom stereocenters. The number of guanidine groups is 1. The van der Waals surface area contributed by atoms with E-state index in [1.165, 1.54) is 24.7 Å². The van der Waals surface area contributed by atoms with Crippen LogP contribution in [0.25, 0.3) is 0 Å². The van der Waals surface area contributed by atoms with Gasteiger partial charge in [0.05, 0.1) is 12.7 Å². The van der Waals surface area contributed by atoms with Crippen LogP contribution in [-0.2, 0) is 6.54 Å². The van der Waals surface area contributed by atoms with E-state index in [9.17, 15) is 4.39 Å². The zero-order valence-corrected chi connectivity index (χ0v) is 16.3. The van der Waals surface area contributed by atoms with Gasteiger partial charge in [0.2, 0.25) is 0 Å². The van der Waals surface area contributed by atoms with Gasteiger partial charge in [-0.05, 0) is 55.3 Å². The zero-order chi connectivity index (χ0) is 18.9. The van der Waals surface area contributed by atoms with Gasteiger partial charge in [-0.25, -0.2) is 9.38 Å². The average Bonchev–Trinajstić information content (AvgIpc) is 3.20. The molecular weight excluding hydrogens is 363 g/mol. The molecule has 0 spiro atoms. The fraction of sp³-hybridized carbons (Fsp3) is 0.400. The van der Waals surface area contributed by atoms with Gasteiger partial charge in [0, 0.05) is 24.5 Å². The Hall–Kier alpha value is -2.28. The minimum Gasteiger partial charge on any atom is -0.453 e. The summed E-state index contributed by atoms with van der Waals surface area (Å²) in [5, 5.41) is 7.27. The summed E-state index contributed by atoms with van der Waals surface area (Å²) in [7, 11) is 0. The number of hydrogen-bond acceptors (Lipinski definition) is 4. The molecule has 1 fully saturated rings. The molecule has 0 amide bonds. The lowest BCUT2D eigenvalue weighted by atomic mass is 10.2. The maximum Gasteiger partial charge on any atom is 0.191 e. The quantitative estimate of drug-likeness (QED) is 0.555. The first-order valence-corrected chi connectivity index (χ1v) is 10.3. The van der Waals surface area contributed by atoms with E-state index in [0.29, 0.717) is 17.5 Å². The number of aromatic nitrogens is 1. The lowest BCUT2D eigenvalue weighted by Gasteiger charge is -2.14. The van der Waals surface area contributed by atoms with Crippen LogP contribution < -0.4 is 15.4 Å². The molecule has 7 heteroatoms. The lowest BCUT2D eigenvalue weighted by Crippen LogP contribution is -2.40. The van der Waals surface area contributed by atoms with Gasteiger partial charge in [-0.2, -0.15) is 11.8 Å². The van der Waals surface area contributed by atoms with Crippen molar-refractivity contribution in [2.24, 2.45) is 4.99 Å². The van der Waals surface area contributed by atoms with Crippen LogP contribution in [0.1, 0.15) is 25.3 Å². The highest BCUT2D eigenvalue weighted by Gasteiger charge is 2.15. The van der Waals surface area contributed by atoms with Gasteiger partial charge in [-0.3, -0.25) is 4.98 Å². The van der Waals surface area contributed by atoms with E-state index >= 15 is 0 Å². The number of pyridine rings is 1. The van der Waals surface area contributed by atoms with Crippen LogP contribution in [-0.4, -0.2) is 35.0 Å². The first-order chi connectivity index (χ1) is 13.2. The Balaban J connectivity index is 1.59. The summed E-state index contributed by atoms with van der Waals surface area (Å²) in [6.07, 6.45) is 5.73. The van der Waals surface area contributed by atoms with E-state index in [0.717, 1.165) is 24.6 Å². The molecule has 1 aliphatic heterocycles. The maximum atomic E-state index is 14.3. The Morgan fingerprint density at radius 1 is 1.37 bits per heavy atom. The van der Waals surface area contributed by atoms with Crippen molar-refractivity contribution in [2.45, 2.75) is 31.6 Å². The van der Waals surface area contributed by atoms with Gasteiger partial charge < -0.3 is 15.4 Å². The van der Waals surface area contributed by atoms with Gasteiger partial charge in [0.1, 0.15) is 5.75 Å². The Morgan fingerprint density at radius 3 is 3.00 bits per heavy atom. The molecule has 144 valence electrons. The van der Waals surface area contributed by atoms with Crippen molar-refractivity contribution in [2.75, 3.05) is 18.8 Å². The highest BCUT2D eigenvalue weighted by Crippen LogP contribution is 2.26. The Morgan fingerprint density at radius 2 is 2.30 bits per heavy atom. The van der Waals surface area contributed by atoms with Crippen molar-refractivity contribution in [3.63, 3.8) is 0 Å². The second kappa shape index (κ2) is 10.2. The van der Waals surface area contributed by atoms with E-state index < -0.39 is 5.82 Å². The second-order valence-electron chi connectivity index (χ2n) is 6.27. The minimum absolute atomic E-state index is 0.180. The Kier molecular flexibility index (Phi) is 7.33. The van der Waals surface area contributed by atoms with Gasteiger partial charge in [0.15, 0.2) is 17.5 Å². The molecule has 0 aliphatic carbocycles. The van der Waals surface area contributed by atoms with E-state index in [1.807, 2.05) is 24.8 Å². The third-order valence-corrected chi connectivity index (χ3v) is 5.54. The molecular formula is C20H25FN4OS. The van der Waals surface area contributed by atoms with Crippen LogP contribution in [0.4, 0.5) is 4.39 Å². The summed E-state index contributed by atoms with van der Waals surface area (Å²) >= 11 is 2.01. The molecule has 1 unspecified atom stereocenters. The number of hydrogen-bond donors (Lipinski definition) is 2. The molecule has 2 heterocycles. The van der Waals surface area contributed by atoms with E-state index in [4.69, 9.17) is 4.74 Å². The number of ether oxygens (including phenoxy) is 1. The predicted molar refractivity (Wildman–Crippen MR) is 109 cm³/mol. The SMILES string of the molecule is CCNC(=NCc1ccc(Oc2cccnc2)c(F)c1)NCC1CCCS1. The predicted octanol–water partition coefficient (Wildman–Crippen LogP) is 3.96. The molecule has 2 aromatic rings. The number of aliphatic imine (C=N–C) groups is 1. The number of thioether (sulfide) groups is 1. The normalized spacial score (nSPS) is 17.0. The molecule has 27 heavy (non-hydrogen) atoms. The van der Waals surface area contributed by atoms with Crippen molar-refractivity contribution >= 4 is 17.7 Å². The first kappa shape index (κ1) is 19.5. The average molecular weight is 389 g/mol. The molecule has 2 N–H and O–H groups in total. The third kappa shape index (κ3) is 6.13.